The summed E-state index contributed by atoms with van der Waals surface area (Å²) in [6.07, 6.45) is 4.90. The summed E-state index contributed by atoms with van der Waals surface area (Å²) in [5.41, 5.74) is 3.20. The van der Waals surface area contributed by atoms with Gasteiger partial charge in [0, 0.05) is 24.3 Å². The number of nitrogens with zero attached hydrogens (tertiary/aromatic N) is 3. The van der Waals surface area contributed by atoms with E-state index in [-0.39, 0.29) is 23.1 Å². The summed E-state index contributed by atoms with van der Waals surface area (Å²) in [5.74, 6) is -1.32. The highest BCUT2D eigenvalue weighted by Gasteiger charge is 2.59. The second kappa shape index (κ2) is 6.15. The van der Waals surface area contributed by atoms with Gasteiger partial charge in [0.25, 0.3) is 5.91 Å². The maximum Gasteiger partial charge on any atom is 0.307 e. The van der Waals surface area contributed by atoms with Crippen molar-refractivity contribution in [2.45, 2.75) is 38.5 Å². The molecule has 5 rings (SSSR count). The average Bonchev–Trinajstić information content (AvgIpc) is 3.02. The Kier molecular flexibility index (Phi) is 3.82. The molecule has 1 N–H and O–H groups in total. The molecular formula is C21H22FN3O3. The molecule has 1 spiro atoms. The summed E-state index contributed by atoms with van der Waals surface area (Å²) < 4.78 is 15.1. The molecule has 7 heteroatoms. The minimum Gasteiger partial charge on any atom is -0.481 e. The Morgan fingerprint density at radius 2 is 1.86 bits per heavy atom. The third-order valence-electron chi connectivity index (χ3n) is 6.74. The van der Waals surface area contributed by atoms with E-state index in [0.29, 0.717) is 18.8 Å². The van der Waals surface area contributed by atoms with Crippen LogP contribution >= 0.6 is 0 Å². The molecule has 3 aliphatic rings. The Hall–Kier alpha value is -2.70. The second-order valence-electron chi connectivity index (χ2n) is 8.27. The number of carbonyl (C=O) groups is 2. The number of hydrogen-bond donors (Lipinski definition) is 1. The lowest BCUT2D eigenvalue weighted by atomic mass is 9.90. The molecule has 2 aliphatic carbocycles. The van der Waals surface area contributed by atoms with E-state index >= 15 is 0 Å². The number of likely N-dealkylation sites (tertiary alicyclic amines) is 1. The first-order valence-corrected chi connectivity index (χ1v) is 9.87. The van der Waals surface area contributed by atoms with Crippen molar-refractivity contribution in [2.24, 2.45) is 11.3 Å². The van der Waals surface area contributed by atoms with Gasteiger partial charge in [-0.15, -0.1) is 0 Å². The molecule has 1 aromatic heterocycles. The maximum absolute atomic E-state index is 13.3. The van der Waals surface area contributed by atoms with Crippen LogP contribution in [0, 0.1) is 17.2 Å². The van der Waals surface area contributed by atoms with Crippen molar-refractivity contribution >= 4 is 11.9 Å². The fraction of sp³-hybridized carbons (Fsp3) is 0.476. The summed E-state index contributed by atoms with van der Waals surface area (Å²) >= 11 is 0. The zero-order valence-corrected chi connectivity index (χ0v) is 15.5. The highest BCUT2D eigenvalue weighted by atomic mass is 19.1. The molecule has 0 bridgehead atoms. The van der Waals surface area contributed by atoms with Crippen molar-refractivity contribution in [3.8, 4) is 5.69 Å². The molecule has 146 valence electrons. The van der Waals surface area contributed by atoms with Crippen LogP contribution in [0.15, 0.2) is 24.3 Å². The molecule has 1 saturated carbocycles. The quantitative estimate of drug-likeness (QED) is 0.884. The largest absolute Gasteiger partial charge is 0.481 e. The average molecular weight is 383 g/mol. The minimum atomic E-state index is -0.712. The van der Waals surface area contributed by atoms with E-state index < -0.39 is 5.97 Å². The van der Waals surface area contributed by atoms with Gasteiger partial charge in [0.1, 0.15) is 5.82 Å². The molecule has 2 fully saturated rings. The SMILES string of the molecule is O=C(O)C1CC12CCN(C(=O)c1nn(-c3ccc(F)cc3)c3c1CCC3)CC2. The predicted octanol–water partition coefficient (Wildman–Crippen LogP) is 2.83. The minimum absolute atomic E-state index is 0.0682. The van der Waals surface area contributed by atoms with Gasteiger partial charge < -0.3 is 10.0 Å². The van der Waals surface area contributed by atoms with Gasteiger partial charge in [-0.05, 0) is 68.2 Å². The van der Waals surface area contributed by atoms with Crippen LogP contribution in [-0.4, -0.2) is 44.8 Å². The molecule has 1 atom stereocenters. The van der Waals surface area contributed by atoms with E-state index in [0.717, 1.165) is 55.5 Å². The number of fused-ring (bicyclic) bond motifs is 1. The number of piperidine rings is 1. The van der Waals surface area contributed by atoms with Crippen LogP contribution in [0.25, 0.3) is 5.69 Å². The fourth-order valence-electron chi connectivity index (χ4n) is 4.96. The standard InChI is InChI=1S/C21H22FN3O3/c22-13-4-6-14(7-5-13)25-17-3-1-2-15(17)18(23-25)19(26)24-10-8-21(9-11-24)12-16(21)20(27)28/h4-7,16H,1-3,8-12H2,(H,27,28). The van der Waals surface area contributed by atoms with Gasteiger partial charge in [0.2, 0.25) is 0 Å². The molecular weight excluding hydrogens is 361 g/mol. The summed E-state index contributed by atoms with van der Waals surface area (Å²) in [5, 5.41) is 13.9. The number of amides is 1. The van der Waals surface area contributed by atoms with Crippen LogP contribution in [0.2, 0.25) is 0 Å². The Balaban J connectivity index is 1.38. The number of halogens is 1. The first kappa shape index (κ1) is 17.4. The number of carbonyl (C=O) groups excluding carboxylic acids is 1. The van der Waals surface area contributed by atoms with Crippen LogP contribution in [0.1, 0.15) is 47.4 Å². The van der Waals surface area contributed by atoms with Crippen molar-refractivity contribution < 1.29 is 19.1 Å². The molecule has 1 amide bonds. The van der Waals surface area contributed by atoms with Gasteiger partial charge in [-0.1, -0.05) is 0 Å². The Morgan fingerprint density at radius 3 is 2.50 bits per heavy atom. The zero-order valence-electron chi connectivity index (χ0n) is 15.5. The third kappa shape index (κ3) is 2.64. The van der Waals surface area contributed by atoms with E-state index in [1.165, 1.54) is 12.1 Å². The molecule has 0 radical (unpaired) electrons. The van der Waals surface area contributed by atoms with E-state index in [1.807, 2.05) is 4.90 Å². The molecule has 1 aromatic carbocycles. The summed E-state index contributed by atoms with van der Waals surface area (Å²) in [6.45, 7) is 1.17. The summed E-state index contributed by atoms with van der Waals surface area (Å²) in [6, 6.07) is 6.16. The van der Waals surface area contributed by atoms with Crippen LogP contribution in [-0.2, 0) is 17.6 Å². The van der Waals surface area contributed by atoms with Crippen LogP contribution in [0.4, 0.5) is 4.39 Å². The van der Waals surface area contributed by atoms with E-state index in [1.54, 1.807) is 16.8 Å². The highest BCUT2D eigenvalue weighted by Crippen LogP contribution is 2.59. The van der Waals surface area contributed by atoms with Gasteiger partial charge in [-0.3, -0.25) is 9.59 Å². The number of carboxylic acid groups (broad SMARTS) is 1. The molecule has 1 aliphatic heterocycles. The van der Waals surface area contributed by atoms with Crippen LogP contribution in [0.3, 0.4) is 0 Å². The van der Waals surface area contributed by atoms with E-state index in [2.05, 4.69) is 5.10 Å². The Bertz CT molecular complexity index is 958. The Morgan fingerprint density at radius 1 is 1.14 bits per heavy atom. The Labute approximate surface area is 162 Å². The zero-order chi connectivity index (χ0) is 19.5. The maximum atomic E-state index is 13.3. The van der Waals surface area contributed by atoms with Gasteiger partial charge in [0.05, 0.1) is 11.6 Å². The van der Waals surface area contributed by atoms with Crippen LogP contribution < -0.4 is 0 Å². The van der Waals surface area contributed by atoms with Gasteiger partial charge in [0.15, 0.2) is 5.69 Å². The molecule has 1 saturated heterocycles. The first-order chi connectivity index (χ1) is 13.5. The highest BCUT2D eigenvalue weighted by molar-refractivity contribution is 5.94. The lowest BCUT2D eigenvalue weighted by Gasteiger charge is -2.32. The number of carboxylic acids is 1. The van der Waals surface area contributed by atoms with Crippen molar-refractivity contribution in [2.75, 3.05) is 13.1 Å². The number of benzene rings is 1. The second-order valence-corrected chi connectivity index (χ2v) is 8.27. The summed E-state index contributed by atoms with van der Waals surface area (Å²) in [4.78, 5) is 26.2. The first-order valence-electron chi connectivity index (χ1n) is 9.87. The lowest BCUT2D eigenvalue weighted by molar-refractivity contribution is -0.139. The van der Waals surface area contributed by atoms with Crippen molar-refractivity contribution in [3.63, 3.8) is 0 Å². The molecule has 6 nitrogen and oxygen atoms in total. The molecule has 2 aromatic rings. The van der Waals surface area contributed by atoms with Crippen molar-refractivity contribution in [1.29, 1.82) is 0 Å². The number of aliphatic carboxylic acids is 1. The van der Waals surface area contributed by atoms with E-state index in [9.17, 15) is 19.1 Å². The number of aromatic nitrogens is 2. The molecule has 2 heterocycles. The predicted molar refractivity (Wildman–Crippen MR) is 98.9 cm³/mol. The van der Waals surface area contributed by atoms with Crippen LogP contribution in [0.5, 0.6) is 0 Å². The van der Waals surface area contributed by atoms with Gasteiger partial charge in [-0.2, -0.15) is 5.10 Å². The topological polar surface area (TPSA) is 75.4 Å². The third-order valence-corrected chi connectivity index (χ3v) is 6.74. The monoisotopic (exact) mass is 383 g/mol. The van der Waals surface area contributed by atoms with E-state index in [4.69, 9.17) is 0 Å². The molecule has 1 unspecified atom stereocenters. The van der Waals surface area contributed by atoms with Gasteiger partial charge in [-0.25, -0.2) is 9.07 Å². The fourth-order valence-corrected chi connectivity index (χ4v) is 4.96. The van der Waals surface area contributed by atoms with Gasteiger partial charge >= 0.3 is 5.97 Å². The number of rotatable bonds is 3. The van der Waals surface area contributed by atoms with Crippen molar-refractivity contribution in [3.05, 3.63) is 47.0 Å². The normalized spacial score (nSPS) is 22.3. The molecule has 28 heavy (non-hydrogen) atoms. The van der Waals surface area contributed by atoms with Crippen molar-refractivity contribution in [1.82, 2.24) is 14.7 Å². The number of hydrogen-bond acceptors (Lipinski definition) is 3. The smallest absolute Gasteiger partial charge is 0.307 e. The lowest BCUT2D eigenvalue weighted by Crippen LogP contribution is -2.40. The summed E-state index contributed by atoms with van der Waals surface area (Å²) in [7, 11) is 0.